The Morgan fingerprint density at radius 3 is 2.84 bits per heavy atom. The summed E-state index contributed by atoms with van der Waals surface area (Å²) in [5.74, 6) is 0.813. The van der Waals surface area contributed by atoms with Crippen LogP contribution in [0.1, 0.15) is 5.56 Å². The van der Waals surface area contributed by atoms with Gasteiger partial charge in [0.2, 0.25) is 0 Å². The lowest BCUT2D eigenvalue weighted by Crippen LogP contribution is -2.18. The summed E-state index contributed by atoms with van der Waals surface area (Å²) in [4.78, 5) is 1.11. The number of benzene rings is 1. The fourth-order valence-corrected chi connectivity index (χ4v) is 3.65. The Kier molecular flexibility index (Phi) is 7.45. The lowest BCUT2D eigenvalue weighted by molar-refractivity contribution is 0.199. The van der Waals surface area contributed by atoms with Gasteiger partial charge in [-0.3, -0.25) is 0 Å². The van der Waals surface area contributed by atoms with Crippen LogP contribution >= 0.6 is 11.8 Å². The fourth-order valence-electron chi connectivity index (χ4n) is 1.46. The third-order valence-corrected chi connectivity index (χ3v) is 4.63. The molecule has 0 saturated heterocycles. The van der Waals surface area contributed by atoms with Crippen LogP contribution in [0.5, 0.6) is 0 Å². The Labute approximate surface area is 119 Å². The smallest absolute Gasteiger partial charge is 0.148 e. The van der Waals surface area contributed by atoms with E-state index in [0.29, 0.717) is 12.4 Å². The lowest BCUT2D eigenvalue weighted by Gasteiger charge is -2.06. The Balaban J connectivity index is 2.39. The van der Waals surface area contributed by atoms with Crippen LogP contribution in [0.2, 0.25) is 0 Å². The van der Waals surface area contributed by atoms with E-state index in [0.717, 1.165) is 18.0 Å². The molecule has 0 spiro atoms. The summed E-state index contributed by atoms with van der Waals surface area (Å²) in [5.41, 5.74) is 1.19. The SMILES string of the molecule is COCCNCc1cccc(SCCS(C)(=O)=O)c1. The average molecular weight is 303 g/mol. The second-order valence-electron chi connectivity index (χ2n) is 4.30. The van der Waals surface area contributed by atoms with E-state index in [1.54, 1.807) is 18.9 Å². The Hall–Kier alpha value is -0.560. The largest absolute Gasteiger partial charge is 0.383 e. The van der Waals surface area contributed by atoms with Gasteiger partial charge in [0.25, 0.3) is 0 Å². The molecule has 108 valence electrons. The maximum absolute atomic E-state index is 11.1. The topological polar surface area (TPSA) is 55.4 Å². The molecule has 0 aliphatic rings. The van der Waals surface area contributed by atoms with Crippen LogP contribution in [0.3, 0.4) is 0 Å². The fraction of sp³-hybridized carbons (Fsp3) is 0.538. The average Bonchev–Trinajstić information content (AvgIpc) is 2.34. The first-order valence-corrected chi connectivity index (χ1v) is 9.15. The monoisotopic (exact) mass is 303 g/mol. The highest BCUT2D eigenvalue weighted by Crippen LogP contribution is 2.19. The standard InChI is InChI=1S/C13H21NO3S2/c1-17-7-6-14-11-12-4-3-5-13(10-12)18-8-9-19(2,15)16/h3-5,10,14H,6-9,11H2,1-2H3. The van der Waals surface area contributed by atoms with Crippen LogP contribution < -0.4 is 5.32 Å². The summed E-state index contributed by atoms with van der Waals surface area (Å²) in [6.07, 6.45) is 1.27. The quantitative estimate of drug-likeness (QED) is 0.554. The molecule has 0 saturated carbocycles. The Morgan fingerprint density at radius 1 is 1.37 bits per heavy atom. The first kappa shape index (κ1) is 16.5. The summed E-state index contributed by atoms with van der Waals surface area (Å²) in [6.45, 7) is 2.31. The maximum atomic E-state index is 11.1. The number of thioether (sulfide) groups is 1. The van der Waals surface area contributed by atoms with E-state index in [2.05, 4.69) is 17.4 Å². The van der Waals surface area contributed by atoms with Gasteiger partial charge in [0, 0.05) is 37.1 Å². The molecular weight excluding hydrogens is 282 g/mol. The lowest BCUT2D eigenvalue weighted by atomic mass is 10.2. The first-order valence-electron chi connectivity index (χ1n) is 6.10. The van der Waals surface area contributed by atoms with Gasteiger partial charge in [-0.2, -0.15) is 0 Å². The molecule has 0 bridgehead atoms. The molecule has 6 heteroatoms. The van der Waals surface area contributed by atoms with Crippen LogP contribution in [0.4, 0.5) is 0 Å². The summed E-state index contributed by atoms with van der Waals surface area (Å²) < 4.78 is 27.1. The molecule has 0 unspecified atom stereocenters. The Bertz CT molecular complexity index is 475. The number of rotatable bonds is 9. The van der Waals surface area contributed by atoms with Gasteiger partial charge in [-0.15, -0.1) is 11.8 Å². The van der Waals surface area contributed by atoms with Gasteiger partial charge in [0.1, 0.15) is 9.84 Å². The molecule has 0 aromatic heterocycles. The number of sulfone groups is 1. The summed E-state index contributed by atoms with van der Waals surface area (Å²) in [7, 11) is -1.19. The van der Waals surface area contributed by atoms with Gasteiger partial charge in [-0.1, -0.05) is 12.1 Å². The van der Waals surface area contributed by atoms with Gasteiger partial charge in [-0.25, -0.2) is 8.42 Å². The third kappa shape index (κ3) is 8.26. The van der Waals surface area contributed by atoms with Crippen LogP contribution in [0.15, 0.2) is 29.2 Å². The molecule has 0 aliphatic heterocycles. The first-order chi connectivity index (χ1) is 9.01. The van der Waals surface area contributed by atoms with E-state index in [-0.39, 0.29) is 5.75 Å². The highest BCUT2D eigenvalue weighted by atomic mass is 32.2. The summed E-state index contributed by atoms with van der Waals surface area (Å²) >= 11 is 1.57. The molecule has 19 heavy (non-hydrogen) atoms. The molecule has 1 N–H and O–H groups in total. The van der Waals surface area contributed by atoms with E-state index in [1.807, 2.05) is 12.1 Å². The minimum atomic E-state index is -2.87. The molecule has 0 atom stereocenters. The Morgan fingerprint density at radius 2 is 2.16 bits per heavy atom. The maximum Gasteiger partial charge on any atom is 0.148 e. The molecule has 1 aromatic carbocycles. The van der Waals surface area contributed by atoms with Crippen molar-refractivity contribution in [1.82, 2.24) is 5.32 Å². The van der Waals surface area contributed by atoms with E-state index < -0.39 is 9.84 Å². The second-order valence-corrected chi connectivity index (χ2v) is 7.72. The van der Waals surface area contributed by atoms with E-state index in [4.69, 9.17) is 4.74 Å². The van der Waals surface area contributed by atoms with Crippen molar-refractivity contribution in [2.75, 3.05) is 38.0 Å². The van der Waals surface area contributed by atoms with E-state index >= 15 is 0 Å². The van der Waals surface area contributed by atoms with E-state index in [1.165, 1.54) is 11.8 Å². The second kappa shape index (κ2) is 8.58. The molecule has 4 nitrogen and oxygen atoms in total. The highest BCUT2D eigenvalue weighted by Gasteiger charge is 2.03. The van der Waals surface area contributed by atoms with E-state index in [9.17, 15) is 8.42 Å². The number of hydrogen-bond donors (Lipinski definition) is 1. The normalized spacial score (nSPS) is 11.7. The van der Waals surface area contributed by atoms with Gasteiger partial charge >= 0.3 is 0 Å². The van der Waals surface area contributed by atoms with Crippen molar-refractivity contribution in [1.29, 1.82) is 0 Å². The van der Waals surface area contributed by atoms with Crippen molar-refractivity contribution >= 4 is 21.6 Å². The van der Waals surface area contributed by atoms with Crippen LogP contribution in [0, 0.1) is 0 Å². The van der Waals surface area contributed by atoms with Crippen molar-refractivity contribution in [3.05, 3.63) is 29.8 Å². The van der Waals surface area contributed by atoms with Crippen molar-refractivity contribution in [3.63, 3.8) is 0 Å². The summed E-state index contributed by atoms with van der Waals surface area (Å²) in [6, 6.07) is 8.15. The predicted molar refractivity (Wildman–Crippen MR) is 80.5 cm³/mol. The van der Waals surface area contributed by atoms with Crippen molar-refractivity contribution < 1.29 is 13.2 Å². The van der Waals surface area contributed by atoms with Crippen molar-refractivity contribution in [2.24, 2.45) is 0 Å². The highest BCUT2D eigenvalue weighted by molar-refractivity contribution is 8.00. The van der Waals surface area contributed by atoms with Crippen LogP contribution in [-0.2, 0) is 21.1 Å². The molecule has 0 fully saturated rings. The molecule has 0 radical (unpaired) electrons. The number of methoxy groups -OCH3 is 1. The number of ether oxygens (including phenoxy) is 1. The molecule has 1 aromatic rings. The van der Waals surface area contributed by atoms with Crippen LogP contribution in [0.25, 0.3) is 0 Å². The minimum Gasteiger partial charge on any atom is -0.383 e. The molecule has 0 aliphatic carbocycles. The van der Waals surface area contributed by atoms with Gasteiger partial charge in [0.05, 0.1) is 12.4 Å². The zero-order chi connectivity index (χ0) is 14.1. The number of hydrogen-bond acceptors (Lipinski definition) is 5. The molecule has 0 heterocycles. The number of nitrogens with one attached hydrogen (secondary N) is 1. The van der Waals surface area contributed by atoms with Crippen LogP contribution in [-0.4, -0.2) is 46.4 Å². The molecular formula is C13H21NO3S2. The molecule has 1 rings (SSSR count). The van der Waals surface area contributed by atoms with Crippen molar-refractivity contribution in [3.8, 4) is 0 Å². The minimum absolute atomic E-state index is 0.216. The third-order valence-electron chi connectivity index (χ3n) is 2.43. The predicted octanol–water partition coefficient (Wildman–Crippen LogP) is 1.56. The van der Waals surface area contributed by atoms with Crippen molar-refractivity contribution in [2.45, 2.75) is 11.4 Å². The van der Waals surface area contributed by atoms with Gasteiger partial charge < -0.3 is 10.1 Å². The zero-order valence-electron chi connectivity index (χ0n) is 11.4. The van der Waals surface area contributed by atoms with Gasteiger partial charge in [-0.05, 0) is 17.7 Å². The zero-order valence-corrected chi connectivity index (χ0v) is 13.0. The summed E-state index contributed by atoms with van der Waals surface area (Å²) in [5, 5.41) is 3.28. The van der Waals surface area contributed by atoms with Gasteiger partial charge in [0.15, 0.2) is 0 Å². The molecule has 0 amide bonds.